The van der Waals surface area contributed by atoms with Gasteiger partial charge < -0.3 is 15.4 Å². The predicted octanol–water partition coefficient (Wildman–Crippen LogP) is 5.58. The second-order valence-electron chi connectivity index (χ2n) is 6.15. The number of benzene rings is 3. The molecule has 0 unspecified atom stereocenters. The number of hydrogen-bond donors (Lipinski definition) is 2. The van der Waals surface area contributed by atoms with Gasteiger partial charge in [-0.25, -0.2) is 4.79 Å². The molecular weight excluding hydrogens is 411 g/mol. The maximum Gasteiger partial charge on any atom is 0.412 e. The fourth-order valence-electron chi connectivity index (χ4n) is 2.59. The third kappa shape index (κ3) is 6.24. The van der Waals surface area contributed by atoms with Crippen LogP contribution < -0.4 is 15.4 Å². The van der Waals surface area contributed by atoms with E-state index >= 15 is 0 Å². The Kier molecular flexibility index (Phi) is 7.11. The number of amides is 2. The Balaban J connectivity index is 1.63. The van der Waals surface area contributed by atoms with Gasteiger partial charge in [-0.1, -0.05) is 53.5 Å². The zero-order valence-corrected chi connectivity index (χ0v) is 16.8. The molecule has 5 nitrogen and oxygen atoms in total. The fraction of sp³-hybridized carbons (Fsp3) is 0.0909. The van der Waals surface area contributed by atoms with Gasteiger partial charge >= 0.3 is 6.09 Å². The normalized spacial score (nSPS) is 10.3. The van der Waals surface area contributed by atoms with Crippen LogP contribution in [0.5, 0.6) is 5.75 Å². The summed E-state index contributed by atoms with van der Waals surface area (Å²) in [5.74, 6) is -0.347. The van der Waals surface area contributed by atoms with Gasteiger partial charge in [0.1, 0.15) is 5.75 Å². The molecule has 0 radical (unpaired) electrons. The van der Waals surface area contributed by atoms with E-state index in [0.29, 0.717) is 28.7 Å². The minimum absolute atomic E-state index is 0.109. The summed E-state index contributed by atoms with van der Waals surface area (Å²) in [6.07, 6.45) is 0.0179. The SMILES string of the molecule is O=C(NCCc1ccccc1)Oc1ccc(Cl)cc1C(=O)Nc1ccc(Cl)cc1. The molecule has 29 heavy (non-hydrogen) atoms. The van der Waals surface area contributed by atoms with Crippen LogP contribution in [-0.4, -0.2) is 18.5 Å². The van der Waals surface area contributed by atoms with E-state index in [-0.39, 0.29) is 11.3 Å². The Labute approximate surface area is 178 Å². The van der Waals surface area contributed by atoms with E-state index < -0.39 is 12.0 Å². The number of carbonyl (C=O) groups is 2. The Morgan fingerprint density at radius 1 is 0.862 bits per heavy atom. The lowest BCUT2D eigenvalue weighted by molar-refractivity contribution is 0.102. The van der Waals surface area contributed by atoms with Crippen molar-refractivity contribution in [3.63, 3.8) is 0 Å². The van der Waals surface area contributed by atoms with E-state index in [1.54, 1.807) is 30.3 Å². The van der Waals surface area contributed by atoms with Crippen molar-refractivity contribution in [1.29, 1.82) is 0 Å². The van der Waals surface area contributed by atoms with E-state index in [1.807, 2.05) is 30.3 Å². The van der Waals surface area contributed by atoms with Crippen LogP contribution in [0.2, 0.25) is 10.0 Å². The molecule has 3 rings (SSSR count). The highest BCUT2D eigenvalue weighted by Crippen LogP contribution is 2.24. The van der Waals surface area contributed by atoms with Crippen molar-refractivity contribution in [1.82, 2.24) is 5.32 Å². The number of nitrogens with one attached hydrogen (secondary N) is 2. The van der Waals surface area contributed by atoms with Crippen LogP contribution in [0.25, 0.3) is 0 Å². The van der Waals surface area contributed by atoms with Gasteiger partial charge in [-0.3, -0.25) is 4.79 Å². The van der Waals surface area contributed by atoms with E-state index in [4.69, 9.17) is 27.9 Å². The number of rotatable bonds is 6. The van der Waals surface area contributed by atoms with Crippen molar-refractivity contribution in [3.8, 4) is 5.75 Å². The summed E-state index contributed by atoms with van der Waals surface area (Å²) >= 11 is 11.9. The zero-order chi connectivity index (χ0) is 20.6. The fourth-order valence-corrected chi connectivity index (χ4v) is 2.89. The number of hydrogen-bond acceptors (Lipinski definition) is 3. The molecule has 0 aliphatic rings. The number of carbonyl (C=O) groups excluding carboxylic acids is 2. The van der Waals surface area contributed by atoms with Crippen LogP contribution in [0.15, 0.2) is 72.8 Å². The van der Waals surface area contributed by atoms with Gasteiger partial charge in [0, 0.05) is 22.3 Å². The maximum atomic E-state index is 12.6. The van der Waals surface area contributed by atoms with Crippen molar-refractivity contribution < 1.29 is 14.3 Å². The van der Waals surface area contributed by atoms with Gasteiger partial charge in [-0.15, -0.1) is 0 Å². The highest BCUT2D eigenvalue weighted by molar-refractivity contribution is 6.31. The first-order valence-electron chi connectivity index (χ1n) is 8.87. The molecule has 0 heterocycles. The molecule has 0 saturated carbocycles. The predicted molar refractivity (Wildman–Crippen MR) is 115 cm³/mol. The van der Waals surface area contributed by atoms with E-state index in [0.717, 1.165) is 5.56 Å². The summed E-state index contributed by atoms with van der Waals surface area (Å²) in [6.45, 7) is 0.405. The first-order chi connectivity index (χ1) is 14.0. The molecule has 0 saturated heterocycles. The molecule has 2 amide bonds. The lowest BCUT2D eigenvalue weighted by Gasteiger charge is -2.12. The third-order valence-corrected chi connectivity index (χ3v) is 4.50. The molecule has 3 aromatic rings. The van der Waals surface area contributed by atoms with Gasteiger partial charge in [-0.05, 0) is 54.4 Å². The molecule has 0 atom stereocenters. The monoisotopic (exact) mass is 428 g/mol. The molecule has 148 valence electrons. The summed E-state index contributed by atoms with van der Waals surface area (Å²) in [4.78, 5) is 24.8. The number of anilines is 1. The van der Waals surface area contributed by atoms with E-state index in [9.17, 15) is 9.59 Å². The van der Waals surface area contributed by atoms with Crippen molar-refractivity contribution in [2.24, 2.45) is 0 Å². The van der Waals surface area contributed by atoms with Gasteiger partial charge in [-0.2, -0.15) is 0 Å². The Bertz CT molecular complexity index is 993. The quantitative estimate of drug-likeness (QED) is 0.538. The van der Waals surface area contributed by atoms with Crippen LogP contribution >= 0.6 is 23.2 Å². The van der Waals surface area contributed by atoms with E-state index in [1.165, 1.54) is 12.1 Å². The van der Waals surface area contributed by atoms with Gasteiger partial charge in [0.2, 0.25) is 0 Å². The first-order valence-corrected chi connectivity index (χ1v) is 9.63. The van der Waals surface area contributed by atoms with Crippen molar-refractivity contribution >= 4 is 40.9 Å². The summed E-state index contributed by atoms with van der Waals surface area (Å²) < 4.78 is 5.33. The second-order valence-corrected chi connectivity index (χ2v) is 7.03. The first kappa shape index (κ1) is 20.7. The van der Waals surface area contributed by atoms with E-state index in [2.05, 4.69) is 10.6 Å². The molecular formula is C22H18Cl2N2O3. The minimum atomic E-state index is -0.649. The van der Waals surface area contributed by atoms with Gasteiger partial charge in [0.15, 0.2) is 0 Å². The smallest absolute Gasteiger partial charge is 0.409 e. The molecule has 0 spiro atoms. The Hall–Kier alpha value is -3.02. The molecule has 0 fully saturated rings. The Morgan fingerprint density at radius 2 is 1.55 bits per heavy atom. The second kappa shape index (κ2) is 9.96. The number of halogens is 2. The highest BCUT2D eigenvalue weighted by Gasteiger charge is 2.16. The topological polar surface area (TPSA) is 67.4 Å². The summed E-state index contributed by atoms with van der Waals surface area (Å²) in [6, 6.07) is 20.9. The molecule has 0 bridgehead atoms. The molecule has 3 aromatic carbocycles. The average Bonchev–Trinajstić information content (AvgIpc) is 2.72. The van der Waals surface area contributed by atoms with Crippen molar-refractivity contribution in [2.45, 2.75) is 6.42 Å². The third-order valence-electron chi connectivity index (χ3n) is 4.02. The number of ether oxygens (including phenoxy) is 1. The molecule has 0 aliphatic heterocycles. The van der Waals surface area contributed by atoms with Crippen molar-refractivity contribution in [2.75, 3.05) is 11.9 Å². The van der Waals surface area contributed by atoms with Crippen LogP contribution in [-0.2, 0) is 6.42 Å². The summed E-state index contributed by atoms with van der Waals surface area (Å²) in [5.41, 5.74) is 1.80. The van der Waals surface area contributed by atoms with Crippen LogP contribution in [0.1, 0.15) is 15.9 Å². The lowest BCUT2D eigenvalue weighted by atomic mass is 10.1. The van der Waals surface area contributed by atoms with Gasteiger partial charge in [0.05, 0.1) is 5.56 Å². The van der Waals surface area contributed by atoms with Crippen molar-refractivity contribution in [3.05, 3.63) is 94.0 Å². The molecule has 0 aromatic heterocycles. The largest absolute Gasteiger partial charge is 0.412 e. The Morgan fingerprint density at radius 3 is 2.28 bits per heavy atom. The molecule has 7 heteroatoms. The summed E-state index contributed by atoms with van der Waals surface area (Å²) in [5, 5.41) is 6.31. The molecule has 0 aliphatic carbocycles. The van der Waals surface area contributed by atoms with Gasteiger partial charge in [0.25, 0.3) is 5.91 Å². The van der Waals surface area contributed by atoms with Crippen LogP contribution in [0.3, 0.4) is 0 Å². The van der Waals surface area contributed by atoms with Crippen LogP contribution in [0.4, 0.5) is 10.5 Å². The lowest BCUT2D eigenvalue weighted by Crippen LogP contribution is -2.29. The molecule has 2 N–H and O–H groups in total. The minimum Gasteiger partial charge on any atom is -0.409 e. The summed E-state index contributed by atoms with van der Waals surface area (Å²) in [7, 11) is 0. The zero-order valence-electron chi connectivity index (χ0n) is 15.3. The highest BCUT2D eigenvalue weighted by atomic mass is 35.5. The average molecular weight is 429 g/mol. The standard InChI is InChI=1S/C22H18Cl2N2O3/c23-16-6-9-18(10-7-16)26-21(27)19-14-17(24)8-11-20(19)29-22(28)25-13-12-15-4-2-1-3-5-15/h1-11,14H,12-13H2,(H,25,28)(H,26,27). The maximum absolute atomic E-state index is 12.6. The van der Waals surface area contributed by atoms with Crippen LogP contribution in [0, 0.1) is 0 Å².